The first-order valence-corrected chi connectivity index (χ1v) is 4.37. The van der Waals surface area contributed by atoms with E-state index in [0.717, 1.165) is 5.56 Å². The van der Waals surface area contributed by atoms with Gasteiger partial charge in [0.05, 0.1) is 5.69 Å². The molecule has 0 bridgehead atoms. The second-order valence-corrected chi connectivity index (χ2v) is 2.98. The summed E-state index contributed by atoms with van der Waals surface area (Å²) in [5.41, 5.74) is 1.37. The van der Waals surface area contributed by atoms with Crippen molar-refractivity contribution in [2.24, 2.45) is 0 Å². The van der Waals surface area contributed by atoms with E-state index < -0.39 is 0 Å². The number of nitrogens with one attached hydrogen (secondary N) is 1. The predicted molar refractivity (Wildman–Crippen MR) is 56.1 cm³/mol. The second kappa shape index (κ2) is 4.64. The zero-order valence-corrected chi connectivity index (χ0v) is 8.64. The molecule has 0 saturated heterocycles. The number of halogens is 1. The summed E-state index contributed by atoms with van der Waals surface area (Å²) in [6.07, 6.45) is 1.58. The summed E-state index contributed by atoms with van der Waals surface area (Å²) >= 11 is 5.80. The fourth-order valence-corrected chi connectivity index (χ4v) is 1.19. The number of pyridine rings is 1. The highest BCUT2D eigenvalue weighted by Gasteiger charge is 2.06. The number of nitrogens with zero attached hydrogens (tertiary/aromatic N) is 1. The van der Waals surface area contributed by atoms with Gasteiger partial charge in [-0.05, 0) is 31.4 Å². The highest BCUT2D eigenvalue weighted by molar-refractivity contribution is 6.32. The summed E-state index contributed by atoms with van der Waals surface area (Å²) in [4.78, 5) is 15.0. The normalized spacial score (nSPS) is 8.79. The van der Waals surface area contributed by atoms with Crippen LogP contribution < -0.4 is 5.32 Å². The molecule has 0 aliphatic rings. The van der Waals surface area contributed by atoms with Crippen LogP contribution in [0.1, 0.15) is 12.5 Å². The maximum Gasteiger partial charge on any atom is 0.300 e. The largest absolute Gasteiger partial charge is 0.312 e. The minimum atomic E-state index is -0.384. The minimum absolute atomic E-state index is 0.274. The van der Waals surface area contributed by atoms with Crippen molar-refractivity contribution >= 4 is 23.2 Å². The molecule has 4 heteroatoms. The van der Waals surface area contributed by atoms with Crippen LogP contribution >= 0.6 is 11.6 Å². The Morgan fingerprint density at radius 3 is 2.93 bits per heavy atom. The molecule has 0 unspecified atom stereocenters. The number of carbonyl (C=O) groups is 1. The molecule has 0 saturated carbocycles. The van der Waals surface area contributed by atoms with Crippen LogP contribution in [-0.2, 0) is 4.79 Å². The van der Waals surface area contributed by atoms with E-state index in [-0.39, 0.29) is 11.1 Å². The molecule has 14 heavy (non-hydrogen) atoms. The van der Waals surface area contributed by atoms with E-state index in [0.29, 0.717) is 5.69 Å². The van der Waals surface area contributed by atoms with Crippen molar-refractivity contribution in [3.8, 4) is 11.8 Å². The molecule has 1 amide bonds. The van der Waals surface area contributed by atoms with Gasteiger partial charge in [-0.2, -0.15) is 0 Å². The summed E-state index contributed by atoms with van der Waals surface area (Å²) in [5, 5.41) is 2.85. The Kier molecular flexibility index (Phi) is 3.49. The second-order valence-electron chi connectivity index (χ2n) is 2.62. The first-order chi connectivity index (χ1) is 6.65. The topological polar surface area (TPSA) is 42.0 Å². The smallest absolute Gasteiger partial charge is 0.300 e. The van der Waals surface area contributed by atoms with E-state index in [4.69, 9.17) is 11.6 Å². The summed E-state index contributed by atoms with van der Waals surface area (Å²) < 4.78 is 0. The lowest BCUT2D eigenvalue weighted by Crippen LogP contribution is -2.10. The van der Waals surface area contributed by atoms with Gasteiger partial charge in [0.15, 0.2) is 5.15 Å². The van der Waals surface area contributed by atoms with Crippen LogP contribution in [0.25, 0.3) is 0 Å². The van der Waals surface area contributed by atoms with E-state index in [1.165, 1.54) is 0 Å². The summed E-state index contributed by atoms with van der Waals surface area (Å²) in [6, 6.07) is 1.76. The molecule has 1 aromatic heterocycles. The average molecular weight is 209 g/mol. The zero-order valence-electron chi connectivity index (χ0n) is 7.89. The van der Waals surface area contributed by atoms with Crippen molar-refractivity contribution in [2.75, 3.05) is 5.32 Å². The molecule has 72 valence electrons. The Bertz CT molecular complexity index is 398. The van der Waals surface area contributed by atoms with Crippen LogP contribution in [0.3, 0.4) is 0 Å². The van der Waals surface area contributed by atoms with Gasteiger partial charge < -0.3 is 5.32 Å². The van der Waals surface area contributed by atoms with Gasteiger partial charge in [0.1, 0.15) is 0 Å². The fourth-order valence-electron chi connectivity index (χ4n) is 0.934. The van der Waals surface area contributed by atoms with Gasteiger partial charge in [0.2, 0.25) is 0 Å². The number of anilines is 1. The molecule has 1 heterocycles. The first-order valence-electron chi connectivity index (χ1n) is 4.00. The molecule has 0 aliphatic carbocycles. The van der Waals surface area contributed by atoms with Crippen molar-refractivity contribution in [1.29, 1.82) is 0 Å². The summed E-state index contributed by atoms with van der Waals surface area (Å²) in [6.45, 7) is 3.43. The molecule has 0 radical (unpaired) electrons. The van der Waals surface area contributed by atoms with Crippen LogP contribution in [-0.4, -0.2) is 10.9 Å². The lowest BCUT2D eigenvalue weighted by molar-refractivity contribution is -0.111. The molecule has 1 rings (SSSR count). The number of hydrogen-bond acceptors (Lipinski definition) is 2. The first kappa shape index (κ1) is 10.6. The van der Waals surface area contributed by atoms with Crippen molar-refractivity contribution < 1.29 is 4.79 Å². The lowest BCUT2D eigenvalue weighted by atomic mass is 10.2. The van der Waals surface area contributed by atoms with E-state index in [1.807, 2.05) is 6.92 Å². The molecule has 0 aliphatic heterocycles. The van der Waals surface area contributed by atoms with Crippen LogP contribution in [0.2, 0.25) is 5.15 Å². The van der Waals surface area contributed by atoms with Crippen LogP contribution in [0, 0.1) is 18.8 Å². The van der Waals surface area contributed by atoms with E-state index >= 15 is 0 Å². The number of rotatable bonds is 1. The number of aromatic nitrogens is 1. The predicted octanol–water partition coefficient (Wildman–Crippen LogP) is 2.01. The molecule has 0 spiro atoms. The maximum absolute atomic E-state index is 11.1. The quantitative estimate of drug-likeness (QED) is 0.567. The highest BCUT2D eigenvalue weighted by Crippen LogP contribution is 2.22. The van der Waals surface area contributed by atoms with Gasteiger partial charge in [-0.15, -0.1) is 0 Å². The van der Waals surface area contributed by atoms with E-state index in [2.05, 4.69) is 22.1 Å². The maximum atomic E-state index is 11.1. The van der Waals surface area contributed by atoms with Crippen molar-refractivity contribution in [1.82, 2.24) is 4.98 Å². The number of amides is 1. The van der Waals surface area contributed by atoms with Gasteiger partial charge in [0, 0.05) is 6.20 Å². The number of aryl methyl sites for hydroxylation is 1. The Hall–Kier alpha value is -1.53. The van der Waals surface area contributed by atoms with Gasteiger partial charge >= 0.3 is 0 Å². The van der Waals surface area contributed by atoms with Crippen molar-refractivity contribution in [2.45, 2.75) is 13.8 Å². The molecule has 1 aromatic rings. The zero-order chi connectivity index (χ0) is 10.6. The molecular weight excluding hydrogens is 200 g/mol. The minimum Gasteiger partial charge on any atom is -0.312 e. The Balaban J connectivity index is 2.95. The van der Waals surface area contributed by atoms with Crippen molar-refractivity contribution in [3.05, 3.63) is 23.0 Å². The van der Waals surface area contributed by atoms with Gasteiger partial charge in [0.25, 0.3) is 5.91 Å². The lowest BCUT2D eigenvalue weighted by Gasteiger charge is -2.05. The number of hydrogen-bond donors (Lipinski definition) is 1. The third kappa shape index (κ3) is 2.48. The van der Waals surface area contributed by atoms with Crippen LogP contribution in [0.5, 0.6) is 0 Å². The standard InChI is InChI=1S/C10H9ClN2O/c1-3-4-8(14)13-9-7(2)5-6-12-10(9)11/h5-6H,1-2H3,(H,13,14). The summed E-state index contributed by atoms with van der Waals surface area (Å²) in [7, 11) is 0. The SMILES string of the molecule is CC#CC(=O)Nc1c(C)ccnc1Cl. The van der Waals surface area contributed by atoms with Gasteiger partial charge in [-0.25, -0.2) is 4.98 Å². The molecule has 3 nitrogen and oxygen atoms in total. The Labute approximate surface area is 87.5 Å². The molecule has 0 aromatic carbocycles. The fraction of sp³-hybridized carbons (Fsp3) is 0.200. The highest BCUT2D eigenvalue weighted by atomic mass is 35.5. The van der Waals surface area contributed by atoms with Crippen LogP contribution in [0.4, 0.5) is 5.69 Å². The average Bonchev–Trinajstić information content (AvgIpc) is 2.12. The van der Waals surface area contributed by atoms with E-state index in [9.17, 15) is 4.79 Å². The van der Waals surface area contributed by atoms with Gasteiger partial charge in [-0.1, -0.05) is 17.5 Å². The van der Waals surface area contributed by atoms with Crippen LogP contribution in [0.15, 0.2) is 12.3 Å². The molecular formula is C10H9ClN2O. The molecule has 1 N–H and O–H groups in total. The third-order valence-electron chi connectivity index (χ3n) is 1.59. The Morgan fingerprint density at radius 1 is 1.64 bits per heavy atom. The van der Waals surface area contributed by atoms with Gasteiger partial charge in [-0.3, -0.25) is 4.79 Å². The molecule has 0 atom stereocenters. The number of carbonyl (C=O) groups excluding carboxylic acids is 1. The van der Waals surface area contributed by atoms with E-state index in [1.54, 1.807) is 19.2 Å². The molecule has 0 fully saturated rings. The Morgan fingerprint density at radius 2 is 2.36 bits per heavy atom. The monoisotopic (exact) mass is 208 g/mol. The third-order valence-corrected chi connectivity index (χ3v) is 1.88. The summed E-state index contributed by atoms with van der Waals surface area (Å²) in [5.74, 6) is 4.48. The van der Waals surface area contributed by atoms with Crippen molar-refractivity contribution in [3.63, 3.8) is 0 Å².